The first-order chi connectivity index (χ1) is 17.3. The third kappa shape index (κ3) is 2.68. The van der Waals surface area contributed by atoms with Crippen molar-refractivity contribution in [2.45, 2.75) is 5.92 Å². The highest BCUT2D eigenvalue weighted by molar-refractivity contribution is 6.41. The van der Waals surface area contributed by atoms with E-state index in [-0.39, 0.29) is 5.92 Å². The molecule has 0 amide bonds. The van der Waals surface area contributed by atoms with Gasteiger partial charge in [-0.05, 0) is 16.2 Å². The van der Waals surface area contributed by atoms with Gasteiger partial charge in [-0.15, -0.1) is 0 Å². The van der Waals surface area contributed by atoms with Gasteiger partial charge in [0.1, 0.15) is 17.2 Å². The predicted octanol–water partition coefficient (Wildman–Crippen LogP) is 7.47. The molecule has 6 aromatic rings. The lowest BCUT2D eigenvalue weighted by Crippen LogP contribution is -2.40. The lowest BCUT2D eigenvalue weighted by atomic mass is 9.79. The van der Waals surface area contributed by atoms with Crippen LogP contribution in [-0.4, -0.2) is 7.32 Å². The van der Waals surface area contributed by atoms with Crippen LogP contribution in [0.15, 0.2) is 109 Å². The van der Waals surface area contributed by atoms with Crippen LogP contribution in [0.4, 0.5) is 0 Å². The molecule has 0 saturated carbocycles. The molecule has 3 aliphatic rings. The first-order valence-corrected chi connectivity index (χ1v) is 11.9. The first-order valence-electron chi connectivity index (χ1n) is 11.9. The summed E-state index contributed by atoms with van der Waals surface area (Å²) in [5, 5.41) is 6.55. The summed E-state index contributed by atoms with van der Waals surface area (Å²) in [5.41, 5.74) is 3.36. The smallest absolute Gasteiger partial charge is 0.489 e. The molecule has 0 spiro atoms. The van der Waals surface area contributed by atoms with Gasteiger partial charge < -0.3 is 14.0 Å². The first kappa shape index (κ1) is 18.9. The minimum atomic E-state index is -0.935. The second-order valence-corrected chi connectivity index (χ2v) is 9.19. The van der Waals surface area contributed by atoms with Crippen LogP contribution in [0.3, 0.4) is 0 Å². The number of hydrogen-bond acceptors (Lipinski definition) is 3. The summed E-state index contributed by atoms with van der Waals surface area (Å²) in [5.74, 6) is 2.33. The van der Waals surface area contributed by atoms with E-state index in [2.05, 4.69) is 72.8 Å². The van der Waals surface area contributed by atoms with Crippen molar-refractivity contribution in [3.63, 3.8) is 0 Å². The maximum absolute atomic E-state index is 6.59. The summed E-state index contributed by atoms with van der Waals surface area (Å²) in [6, 6.07) is 38.1. The van der Waals surface area contributed by atoms with Gasteiger partial charge in [-0.2, -0.15) is 0 Å². The molecule has 0 N–H and O–H groups in total. The molecule has 0 fully saturated rings. The van der Waals surface area contributed by atoms with Gasteiger partial charge in [0.05, 0.1) is 0 Å². The Morgan fingerprint density at radius 1 is 0.400 bits per heavy atom. The minimum Gasteiger partial charge on any atom is -0.489 e. The van der Waals surface area contributed by atoms with Crippen LogP contribution in [-0.2, 0) is 0 Å². The van der Waals surface area contributed by atoms with Crippen molar-refractivity contribution in [1.82, 2.24) is 0 Å². The summed E-state index contributed by atoms with van der Waals surface area (Å²) < 4.78 is 19.8. The molecule has 3 nitrogen and oxygen atoms in total. The molecule has 3 aliphatic heterocycles. The molecule has 0 atom stereocenters. The van der Waals surface area contributed by atoms with E-state index in [4.69, 9.17) is 14.0 Å². The Labute approximate surface area is 202 Å². The molecule has 9 rings (SSSR count). The van der Waals surface area contributed by atoms with Crippen LogP contribution in [0.25, 0.3) is 32.3 Å². The monoisotopic (exact) mass is 450 g/mol. The summed E-state index contributed by atoms with van der Waals surface area (Å²) in [4.78, 5) is 0. The number of hydrogen-bond donors (Lipinski definition) is 0. The van der Waals surface area contributed by atoms with E-state index in [1.165, 1.54) is 0 Å². The molecule has 6 aromatic carbocycles. The Hall–Kier alpha value is -4.44. The van der Waals surface area contributed by atoms with Crippen molar-refractivity contribution in [3.05, 3.63) is 126 Å². The zero-order chi connectivity index (χ0) is 22.9. The highest BCUT2D eigenvalue weighted by Crippen LogP contribution is 2.52. The van der Waals surface area contributed by atoms with Crippen molar-refractivity contribution in [1.29, 1.82) is 0 Å². The topological polar surface area (TPSA) is 27.7 Å². The normalized spacial score (nSPS) is 14.2. The second kappa shape index (κ2) is 7.03. The molecule has 4 heteroatoms. The van der Waals surface area contributed by atoms with E-state index in [1.54, 1.807) is 0 Å². The number of rotatable bonds is 0. The Kier molecular flexibility index (Phi) is 3.80. The molecule has 0 saturated heterocycles. The van der Waals surface area contributed by atoms with E-state index >= 15 is 0 Å². The van der Waals surface area contributed by atoms with E-state index in [9.17, 15) is 0 Å². The Morgan fingerprint density at radius 3 is 1.11 bits per heavy atom. The third-order valence-electron chi connectivity index (χ3n) is 7.31. The molecule has 0 radical (unpaired) electrons. The van der Waals surface area contributed by atoms with Gasteiger partial charge in [-0.3, -0.25) is 0 Å². The fraction of sp³-hybridized carbons (Fsp3) is 0.0323. The van der Waals surface area contributed by atoms with Crippen molar-refractivity contribution >= 4 is 39.6 Å². The summed E-state index contributed by atoms with van der Waals surface area (Å²) in [6.07, 6.45) is 0. The lowest BCUT2D eigenvalue weighted by Gasteiger charge is -2.34. The van der Waals surface area contributed by atoms with Crippen molar-refractivity contribution in [2.24, 2.45) is 0 Å². The molecular weight excluding hydrogens is 431 g/mol. The second-order valence-electron chi connectivity index (χ2n) is 9.19. The maximum Gasteiger partial charge on any atom is 0.864 e. The van der Waals surface area contributed by atoms with Gasteiger partial charge in [0, 0.05) is 38.8 Å². The average Bonchev–Trinajstić information content (AvgIpc) is 2.88. The van der Waals surface area contributed by atoms with E-state index < -0.39 is 7.32 Å². The number of benzene rings is 6. The molecular formula is C31H19BO3. The van der Waals surface area contributed by atoms with Crippen LogP contribution in [0.1, 0.15) is 22.6 Å². The summed E-state index contributed by atoms with van der Waals surface area (Å²) >= 11 is 0. The number of fused-ring (bicyclic) bond motifs is 3. The predicted molar refractivity (Wildman–Crippen MR) is 140 cm³/mol. The molecule has 164 valence electrons. The van der Waals surface area contributed by atoms with Gasteiger partial charge >= 0.3 is 7.32 Å². The van der Waals surface area contributed by atoms with E-state index in [0.717, 1.165) is 66.3 Å². The minimum absolute atomic E-state index is 0.116. The Bertz CT molecular complexity index is 1600. The van der Waals surface area contributed by atoms with Crippen molar-refractivity contribution in [2.75, 3.05) is 0 Å². The van der Waals surface area contributed by atoms with Crippen molar-refractivity contribution in [3.8, 4) is 17.2 Å². The largest absolute Gasteiger partial charge is 0.864 e. The quantitative estimate of drug-likeness (QED) is 0.225. The van der Waals surface area contributed by atoms with Crippen molar-refractivity contribution < 1.29 is 14.0 Å². The van der Waals surface area contributed by atoms with E-state index in [0.29, 0.717) is 0 Å². The summed E-state index contributed by atoms with van der Waals surface area (Å²) in [7, 11) is -0.935. The van der Waals surface area contributed by atoms with Gasteiger partial charge in [0.25, 0.3) is 0 Å². The maximum atomic E-state index is 6.59. The third-order valence-corrected chi connectivity index (χ3v) is 7.31. The van der Waals surface area contributed by atoms with Gasteiger partial charge in [-0.1, -0.05) is 109 Å². The van der Waals surface area contributed by atoms with Gasteiger partial charge in [0.2, 0.25) is 0 Å². The fourth-order valence-corrected chi connectivity index (χ4v) is 5.72. The molecule has 2 bridgehead atoms. The molecule has 35 heavy (non-hydrogen) atoms. The zero-order valence-electron chi connectivity index (χ0n) is 18.8. The SMILES string of the molecule is c1ccc2c3c(ccc2c1)C1c2ccc4ccccc4c2OB(O3)Oc2c1ccc1ccccc21. The van der Waals surface area contributed by atoms with Crippen LogP contribution < -0.4 is 14.0 Å². The Balaban J connectivity index is 1.53. The standard InChI is InChI=1S/C31H19BO3/c1-4-10-22-19(7-1)13-16-25-28-26-17-14-20-8-2-5-11-23(20)30(26)34-32(33-29(22)25)35-31-24-12-6-3-9-21(24)15-18-27(28)31/h1-18,28H. The van der Waals surface area contributed by atoms with Gasteiger partial charge in [0.15, 0.2) is 0 Å². The highest BCUT2D eigenvalue weighted by atomic mass is 16.7. The van der Waals surface area contributed by atoms with Crippen LogP contribution in [0.5, 0.6) is 17.2 Å². The van der Waals surface area contributed by atoms with E-state index in [1.807, 2.05) is 36.4 Å². The average molecular weight is 450 g/mol. The Morgan fingerprint density at radius 2 is 0.743 bits per heavy atom. The lowest BCUT2D eigenvalue weighted by molar-refractivity contribution is 0.297. The van der Waals surface area contributed by atoms with Crippen LogP contribution in [0.2, 0.25) is 0 Å². The summed E-state index contributed by atoms with van der Waals surface area (Å²) in [6.45, 7) is 0. The molecule has 3 heterocycles. The van der Waals surface area contributed by atoms with Crippen LogP contribution in [0, 0.1) is 0 Å². The molecule has 0 aromatic heterocycles. The molecule has 0 aliphatic carbocycles. The van der Waals surface area contributed by atoms with Crippen LogP contribution >= 0.6 is 0 Å². The fourth-order valence-electron chi connectivity index (χ4n) is 5.72. The van der Waals surface area contributed by atoms with Gasteiger partial charge in [-0.25, -0.2) is 0 Å². The molecule has 0 unspecified atom stereocenters. The highest BCUT2D eigenvalue weighted by Gasteiger charge is 2.43. The zero-order valence-corrected chi connectivity index (χ0v) is 18.8.